The standard InChI is InChI=1S/C31H42N2O3/c1-9-10-11-12-21-13-14-24(34)27-17(2)26-22(15-23(21)27)16-30(6)28(33(7)8)18(3)25(20(5)32)19(4)31(30,36)29(26)35/h13-14,22,28,34-36H,2,4-5,9-12,15-16,32H2,1,3,6-8H3/t22-,28+,30-,31+/m0/s1. The molecule has 1 aromatic rings. The fourth-order valence-corrected chi connectivity index (χ4v) is 7.65. The first-order valence-electron chi connectivity index (χ1n) is 13.0. The molecule has 0 spiro atoms. The number of aliphatic hydroxyl groups is 2. The molecule has 1 aromatic carbocycles. The van der Waals surface area contributed by atoms with Gasteiger partial charge in [0.15, 0.2) is 5.60 Å². The smallest absolute Gasteiger partial charge is 0.154 e. The van der Waals surface area contributed by atoms with Crippen molar-refractivity contribution in [3.63, 3.8) is 0 Å². The monoisotopic (exact) mass is 490 g/mol. The van der Waals surface area contributed by atoms with E-state index in [-0.39, 0.29) is 23.5 Å². The fourth-order valence-electron chi connectivity index (χ4n) is 7.65. The minimum absolute atomic E-state index is 0.0484. The third-order valence-electron chi connectivity index (χ3n) is 9.00. The van der Waals surface area contributed by atoms with E-state index in [4.69, 9.17) is 5.73 Å². The zero-order valence-electron chi connectivity index (χ0n) is 22.5. The van der Waals surface area contributed by atoms with Crippen molar-refractivity contribution in [3.05, 3.63) is 82.3 Å². The van der Waals surface area contributed by atoms with Crippen LogP contribution in [0.2, 0.25) is 0 Å². The summed E-state index contributed by atoms with van der Waals surface area (Å²) in [5.74, 6) is -0.0165. The summed E-state index contributed by atoms with van der Waals surface area (Å²) in [5.41, 5.74) is 10.2. The SMILES string of the molecule is C=C(N)C1=C(C)[C@@H](N(C)C)[C@]2(C)C[C@@H]3Cc4c(CCCCC)ccc(O)c4C(=C)C3=C(O)[C@]2(O)C1=C. The lowest BCUT2D eigenvalue weighted by molar-refractivity contribution is -0.0991. The van der Waals surface area contributed by atoms with Gasteiger partial charge in [-0.15, -0.1) is 0 Å². The Morgan fingerprint density at radius 2 is 1.86 bits per heavy atom. The van der Waals surface area contributed by atoms with Gasteiger partial charge in [0.25, 0.3) is 0 Å². The number of likely N-dealkylation sites (N-methyl/N-ethyl adjacent to an activating group) is 1. The van der Waals surface area contributed by atoms with Gasteiger partial charge in [-0.2, -0.15) is 0 Å². The zero-order chi connectivity index (χ0) is 26.7. The quantitative estimate of drug-likeness (QED) is 0.393. The van der Waals surface area contributed by atoms with E-state index in [9.17, 15) is 15.3 Å². The molecule has 36 heavy (non-hydrogen) atoms. The minimum Gasteiger partial charge on any atom is -0.509 e. The van der Waals surface area contributed by atoms with Gasteiger partial charge in [0, 0.05) is 33.9 Å². The Labute approximate surface area is 216 Å². The number of hydrogen-bond donors (Lipinski definition) is 4. The molecule has 0 aliphatic heterocycles. The Hall–Kier alpha value is -2.76. The molecule has 0 saturated carbocycles. The number of nitrogens with zero attached hydrogens (tertiary/aromatic N) is 1. The summed E-state index contributed by atoms with van der Waals surface area (Å²) in [6.07, 6.45) is 5.64. The molecule has 3 aliphatic rings. The summed E-state index contributed by atoms with van der Waals surface area (Å²) in [4.78, 5) is 2.08. The molecule has 5 heteroatoms. The van der Waals surface area contributed by atoms with E-state index in [0.29, 0.717) is 46.4 Å². The van der Waals surface area contributed by atoms with E-state index < -0.39 is 11.0 Å². The normalized spacial score (nSPS) is 29.9. The lowest BCUT2D eigenvalue weighted by Crippen LogP contribution is -2.65. The van der Waals surface area contributed by atoms with Gasteiger partial charge in [-0.25, -0.2) is 0 Å². The second-order valence-corrected chi connectivity index (χ2v) is 11.5. The number of fused-ring (bicyclic) bond motifs is 3. The Kier molecular flexibility index (Phi) is 6.55. The van der Waals surface area contributed by atoms with Gasteiger partial charge in [0.2, 0.25) is 0 Å². The summed E-state index contributed by atoms with van der Waals surface area (Å²) in [5, 5.41) is 35.2. The molecule has 194 valence electrons. The molecule has 0 fully saturated rings. The minimum atomic E-state index is -1.75. The summed E-state index contributed by atoms with van der Waals surface area (Å²) >= 11 is 0. The van der Waals surface area contributed by atoms with Gasteiger partial charge in [0.1, 0.15) is 11.5 Å². The fraction of sp³-hybridized carbons (Fsp3) is 0.484. The van der Waals surface area contributed by atoms with Gasteiger partial charge in [0.05, 0.1) is 0 Å². The van der Waals surface area contributed by atoms with Crippen molar-refractivity contribution in [3.8, 4) is 5.75 Å². The van der Waals surface area contributed by atoms with Crippen LogP contribution in [0.25, 0.3) is 5.57 Å². The van der Waals surface area contributed by atoms with Crippen LogP contribution in [0.15, 0.2) is 65.6 Å². The molecule has 5 nitrogen and oxygen atoms in total. The predicted molar refractivity (Wildman–Crippen MR) is 148 cm³/mol. The van der Waals surface area contributed by atoms with E-state index >= 15 is 0 Å². The van der Waals surface area contributed by atoms with Crippen LogP contribution < -0.4 is 5.73 Å². The molecule has 0 unspecified atom stereocenters. The van der Waals surface area contributed by atoms with Crippen molar-refractivity contribution >= 4 is 5.57 Å². The van der Waals surface area contributed by atoms with E-state index in [0.717, 1.165) is 36.8 Å². The number of rotatable bonds is 6. The molecular formula is C31H42N2O3. The average Bonchev–Trinajstić information content (AvgIpc) is 2.77. The maximum absolute atomic E-state index is 12.4. The molecule has 4 rings (SSSR count). The molecular weight excluding hydrogens is 448 g/mol. The molecule has 5 N–H and O–H groups in total. The number of aromatic hydroxyl groups is 1. The third kappa shape index (κ3) is 3.43. The average molecular weight is 491 g/mol. The number of nitrogens with two attached hydrogens (primary N) is 1. The first kappa shape index (κ1) is 26.3. The first-order chi connectivity index (χ1) is 16.8. The highest BCUT2D eigenvalue weighted by molar-refractivity contribution is 5.87. The highest BCUT2D eigenvalue weighted by Crippen LogP contribution is 2.63. The van der Waals surface area contributed by atoms with E-state index in [1.54, 1.807) is 6.07 Å². The topological polar surface area (TPSA) is 90.0 Å². The van der Waals surface area contributed by atoms with Gasteiger partial charge < -0.3 is 26.0 Å². The van der Waals surface area contributed by atoms with Gasteiger partial charge in [-0.05, 0) is 86.5 Å². The Bertz CT molecular complexity index is 1220. The van der Waals surface area contributed by atoms with Crippen molar-refractivity contribution < 1.29 is 15.3 Å². The molecule has 0 aromatic heterocycles. The number of aryl methyl sites for hydroxylation is 1. The molecule has 0 bridgehead atoms. The lowest BCUT2D eigenvalue weighted by atomic mass is 9.49. The van der Waals surface area contributed by atoms with Gasteiger partial charge in [-0.3, -0.25) is 0 Å². The maximum atomic E-state index is 12.4. The second kappa shape index (κ2) is 8.97. The van der Waals surface area contributed by atoms with Crippen LogP contribution >= 0.6 is 0 Å². The van der Waals surface area contributed by atoms with Crippen LogP contribution in [0, 0.1) is 11.3 Å². The summed E-state index contributed by atoms with van der Waals surface area (Å²) in [7, 11) is 3.97. The van der Waals surface area contributed by atoms with E-state index in [2.05, 4.69) is 31.6 Å². The van der Waals surface area contributed by atoms with Gasteiger partial charge in [-0.1, -0.05) is 52.5 Å². The molecule has 0 saturated heterocycles. The zero-order valence-corrected chi connectivity index (χ0v) is 22.5. The van der Waals surface area contributed by atoms with E-state index in [1.165, 1.54) is 5.56 Å². The van der Waals surface area contributed by atoms with Crippen LogP contribution in [0.4, 0.5) is 0 Å². The number of phenolic OH excluding ortho intramolecular Hbond substituents is 1. The summed E-state index contributed by atoms with van der Waals surface area (Å²) in [6.45, 7) is 18.8. The highest BCUT2D eigenvalue weighted by Gasteiger charge is 2.65. The molecule has 0 amide bonds. The van der Waals surface area contributed by atoms with Crippen molar-refractivity contribution in [1.82, 2.24) is 4.90 Å². The van der Waals surface area contributed by atoms with Crippen LogP contribution in [-0.2, 0) is 12.8 Å². The largest absolute Gasteiger partial charge is 0.509 e. The molecule has 0 heterocycles. The number of benzene rings is 1. The van der Waals surface area contributed by atoms with Crippen LogP contribution in [0.5, 0.6) is 5.75 Å². The summed E-state index contributed by atoms with van der Waals surface area (Å²) < 4.78 is 0. The van der Waals surface area contributed by atoms with Crippen molar-refractivity contribution in [1.29, 1.82) is 0 Å². The molecule has 4 atom stereocenters. The number of aliphatic hydroxyl groups excluding tert-OH is 1. The Morgan fingerprint density at radius 3 is 2.44 bits per heavy atom. The van der Waals surface area contributed by atoms with Crippen molar-refractivity contribution in [2.24, 2.45) is 17.1 Å². The summed E-state index contributed by atoms with van der Waals surface area (Å²) in [6, 6.07) is 3.56. The van der Waals surface area contributed by atoms with Gasteiger partial charge >= 0.3 is 0 Å². The van der Waals surface area contributed by atoms with Crippen LogP contribution in [0.3, 0.4) is 0 Å². The Morgan fingerprint density at radius 1 is 1.19 bits per heavy atom. The number of unbranched alkanes of at least 4 members (excludes halogenated alkanes) is 2. The van der Waals surface area contributed by atoms with Crippen molar-refractivity contribution in [2.75, 3.05) is 14.1 Å². The first-order valence-corrected chi connectivity index (χ1v) is 13.0. The van der Waals surface area contributed by atoms with Crippen molar-refractivity contribution in [2.45, 2.75) is 70.9 Å². The lowest BCUT2D eigenvalue weighted by Gasteiger charge is -2.60. The van der Waals surface area contributed by atoms with Crippen LogP contribution in [0.1, 0.15) is 63.1 Å². The molecule has 3 aliphatic carbocycles. The van der Waals surface area contributed by atoms with Crippen LogP contribution in [-0.4, -0.2) is 46.0 Å². The number of allylic oxidation sites excluding steroid dienone is 3. The third-order valence-corrected chi connectivity index (χ3v) is 9.00. The second-order valence-electron chi connectivity index (χ2n) is 11.5. The number of hydrogen-bond acceptors (Lipinski definition) is 5. The Balaban J connectivity index is 1.94. The maximum Gasteiger partial charge on any atom is 0.154 e. The van der Waals surface area contributed by atoms with E-state index in [1.807, 2.05) is 34.0 Å². The predicted octanol–water partition coefficient (Wildman–Crippen LogP) is 5.55. The molecule has 0 radical (unpaired) electrons. The highest BCUT2D eigenvalue weighted by atomic mass is 16.3. The number of phenols is 1.